The van der Waals surface area contributed by atoms with Gasteiger partial charge in [0, 0.05) is 36.8 Å². The largest absolute Gasteiger partial charge is 0.298 e. The van der Waals surface area contributed by atoms with Gasteiger partial charge in [-0.3, -0.25) is 20.0 Å². The second-order valence-corrected chi connectivity index (χ2v) is 5.64. The Morgan fingerprint density at radius 3 is 3.15 bits per heavy atom. The van der Waals surface area contributed by atoms with Gasteiger partial charge < -0.3 is 0 Å². The fourth-order valence-electron chi connectivity index (χ4n) is 2.15. The van der Waals surface area contributed by atoms with Gasteiger partial charge in [-0.2, -0.15) is 0 Å². The van der Waals surface area contributed by atoms with Crippen LogP contribution in [-0.2, 0) is 13.0 Å². The lowest BCUT2D eigenvalue weighted by molar-refractivity contribution is 0.102. The Hall–Kier alpha value is -1.86. The maximum absolute atomic E-state index is 12.0. The molecule has 1 amide bonds. The zero-order valence-electron chi connectivity index (χ0n) is 11.2. The Morgan fingerprint density at radius 2 is 2.40 bits per heavy atom. The van der Waals surface area contributed by atoms with E-state index in [0.717, 1.165) is 31.7 Å². The summed E-state index contributed by atoms with van der Waals surface area (Å²) >= 11 is 1.54. The molecule has 0 aliphatic carbocycles. The maximum Gasteiger partial charge on any atom is 0.277 e. The number of anilines is 1. The highest BCUT2D eigenvalue weighted by Crippen LogP contribution is 2.28. The number of carbonyl (C=O) groups excluding carboxylic acids is 1. The topological polar surface area (TPSA) is 71.0 Å². The number of aromatic nitrogens is 3. The normalized spacial score (nSPS) is 14.8. The van der Waals surface area contributed by atoms with Gasteiger partial charge in [-0.25, -0.2) is 9.97 Å². The van der Waals surface area contributed by atoms with Crippen molar-refractivity contribution in [2.75, 3.05) is 18.4 Å². The summed E-state index contributed by atoms with van der Waals surface area (Å²) in [5.74, 6) is -0.267. The van der Waals surface area contributed by atoms with Crippen LogP contribution in [0, 0.1) is 0 Å². The van der Waals surface area contributed by atoms with Crippen LogP contribution in [0.2, 0.25) is 0 Å². The molecule has 3 heterocycles. The summed E-state index contributed by atoms with van der Waals surface area (Å²) in [6.45, 7) is 5.15. The second-order valence-electron chi connectivity index (χ2n) is 4.55. The minimum absolute atomic E-state index is 0.267. The lowest BCUT2D eigenvalue weighted by Crippen LogP contribution is -2.29. The van der Waals surface area contributed by atoms with Crippen LogP contribution in [0.1, 0.15) is 28.0 Å². The van der Waals surface area contributed by atoms with Crippen LogP contribution in [0.3, 0.4) is 0 Å². The minimum atomic E-state index is -0.267. The summed E-state index contributed by atoms with van der Waals surface area (Å²) in [6, 6.07) is 0. The number of nitrogens with one attached hydrogen (secondary N) is 1. The highest BCUT2D eigenvalue weighted by molar-refractivity contribution is 7.15. The zero-order chi connectivity index (χ0) is 13.9. The molecule has 0 aromatic carbocycles. The van der Waals surface area contributed by atoms with Crippen molar-refractivity contribution in [1.29, 1.82) is 0 Å². The number of rotatable bonds is 3. The van der Waals surface area contributed by atoms with E-state index >= 15 is 0 Å². The molecule has 6 nitrogen and oxygen atoms in total. The Labute approximate surface area is 120 Å². The van der Waals surface area contributed by atoms with Crippen molar-refractivity contribution in [3.8, 4) is 0 Å². The molecule has 0 saturated carbocycles. The van der Waals surface area contributed by atoms with Crippen LogP contribution in [0.25, 0.3) is 0 Å². The molecule has 104 valence electrons. The average molecular weight is 289 g/mol. The molecule has 7 heteroatoms. The Morgan fingerprint density at radius 1 is 1.50 bits per heavy atom. The van der Waals surface area contributed by atoms with Gasteiger partial charge in [0.05, 0.1) is 11.9 Å². The second kappa shape index (κ2) is 5.64. The predicted molar refractivity (Wildman–Crippen MR) is 76.8 cm³/mol. The van der Waals surface area contributed by atoms with Gasteiger partial charge >= 0.3 is 0 Å². The maximum atomic E-state index is 12.0. The lowest BCUT2D eigenvalue weighted by atomic mass is 10.2. The summed E-state index contributed by atoms with van der Waals surface area (Å²) in [5, 5.41) is 3.44. The number of carbonyl (C=O) groups is 1. The molecule has 0 spiro atoms. The molecular weight excluding hydrogens is 274 g/mol. The number of thiazole rings is 1. The summed E-state index contributed by atoms with van der Waals surface area (Å²) in [5.41, 5.74) is 1.41. The summed E-state index contributed by atoms with van der Waals surface area (Å²) in [7, 11) is 0. The quantitative estimate of drug-likeness (QED) is 0.928. The van der Waals surface area contributed by atoms with E-state index < -0.39 is 0 Å². The molecule has 1 N–H and O–H groups in total. The molecular formula is C13H15N5OS. The van der Waals surface area contributed by atoms with Crippen LogP contribution in [0.5, 0.6) is 0 Å². The van der Waals surface area contributed by atoms with Crippen molar-refractivity contribution in [3.05, 3.63) is 34.9 Å². The number of hydrogen-bond acceptors (Lipinski definition) is 6. The van der Waals surface area contributed by atoms with E-state index in [4.69, 9.17) is 0 Å². The van der Waals surface area contributed by atoms with Gasteiger partial charge in [0.15, 0.2) is 5.13 Å². The molecule has 0 fully saturated rings. The van der Waals surface area contributed by atoms with Crippen molar-refractivity contribution in [3.63, 3.8) is 0 Å². The number of likely N-dealkylation sites (N-methyl/N-ethyl adjacent to an activating group) is 1. The van der Waals surface area contributed by atoms with E-state index in [9.17, 15) is 4.79 Å². The first-order valence-corrected chi connectivity index (χ1v) is 7.36. The molecule has 1 aliphatic heterocycles. The van der Waals surface area contributed by atoms with E-state index in [2.05, 4.69) is 32.1 Å². The number of nitrogens with zero attached hydrogens (tertiary/aromatic N) is 4. The first-order chi connectivity index (χ1) is 9.76. The number of fused-ring (bicyclic) bond motifs is 1. The van der Waals surface area contributed by atoms with Crippen molar-refractivity contribution in [2.45, 2.75) is 19.9 Å². The fraction of sp³-hybridized carbons (Fsp3) is 0.385. The van der Waals surface area contributed by atoms with Gasteiger partial charge in [-0.1, -0.05) is 6.92 Å². The van der Waals surface area contributed by atoms with Crippen molar-refractivity contribution in [1.82, 2.24) is 19.9 Å². The number of hydrogen-bond donors (Lipinski definition) is 1. The molecule has 0 saturated heterocycles. The van der Waals surface area contributed by atoms with Crippen LogP contribution in [0.15, 0.2) is 18.6 Å². The highest BCUT2D eigenvalue weighted by Gasteiger charge is 2.20. The molecule has 0 unspecified atom stereocenters. The first-order valence-electron chi connectivity index (χ1n) is 6.54. The smallest absolute Gasteiger partial charge is 0.277 e. The molecule has 20 heavy (non-hydrogen) atoms. The highest BCUT2D eigenvalue weighted by atomic mass is 32.1. The third-order valence-electron chi connectivity index (χ3n) is 3.27. The summed E-state index contributed by atoms with van der Waals surface area (Å²) in [4.78, 5) is 28.0. The molecule has 0 atom stereocenters. The Balaban J connectivity index is 1.73. The molecule has 0 bridgehead atoms. The Bertz CT molecular complexity index is 612. The van der Waals surface area contributed by atoms with E-state index in [0.29, 0.717) is 10.8 Å². The van der Waals surface area contributed by atoms with Gasteiger partial charge in [-0.15, -0.1) is 11.3 Å². The van der Waals surface area contributed by atoms with Crippen molar-refractivity contribution >= 4 is 22.4 Å². The SMILES string of the molecule is CCN1CCc2nc(NC(=O)c3cnccn3)sc2C1. The Kier molecular flexibility index (Phi) is 3.70. The standard InChI is InChI=1S/C13H15N5OS/c1-2-18-6-3-9-11(8-18)20-13(16-9)17-12(19)10-7-14-4-5-15-10/h4-5,7H,2-3,6,8H2,1H3,(H,16,17,19). The van der Waals surface area contributed by atoms with Gasteiger partial charge in [0.1, 0.15) is 5.69 Å². The molecule has 3 rings (SSSR count). The number of amides is 1. The van der Waals surface area contributed by atoms with E-state index in [1.54, 1.807) is 11.3 Å². The first kappa shape index (κ1) is 13.1. The lowest BCUT2D eigenvalue weighted by Gasteiger charge is -2.23. The molecule has 1 aliphatic rings. The predicted octanol–water partition coefficient (Wildman–Crippen LogP) is 1.56. The molecule has 2 aromatic rings. The van der Waals surface area contributed by atoms with E-state index in [1.165, 1.54) is 23.5 Å². The van der Waals surface area contributed by atoms with Crippen LogP contribution in [0.4, 0.5) is 5.13 Å². The van der Waals surface area contributed by atoms with Gasteiger partial charge in [0.2, 0.25) is 0 Å². The van der Waals surface area contributed by atoms with Crippen molar-refractivity contribution < 1.29 is 4.79 Å². The van der Waals surface area contributed by atoms with Crippen LogP contribution in [-0.4, -0.2) is 38.8 Å². The fourth-order valence-corrected chi connectivity index (χ4v) is 3.19. The zero-order valence-corrected chi connectivity index (χ0v) is 12.0. The van der Waals surface area contributed by atoms with Crippen molar-refractivity contribution in [2.24, 2.45) is 0 Å². The molecule has 0 radical (unpaired) electrons. The van der Waals surface area contributed by atoms with E-state index in [-0.39, 0.29) is 5.91 Å². The minimum Gasteiger partial charge on any atom is -0.298 e. The third kappa shape index (κ3) is 2.68. The van der Waals surface area contributed by atoms with E-state index in [1.807, 2.05) is 0 Å². The summed E-state index contributed by atoms with van der Waals surface area (Å²) < 4.78 is 0. The third-order valence-corrected chi connectivity index (χ3v) is 4.27. The monoisotopic (exact) mass is 289 g/mol. The van der Waals surface area contributed by atoms with Gasteiger partial charge in [-0.05, 0) is 6.54 Å². The molecule has 2 aromatic heterocycles. The van der Waals surface area contributed by atoms with Crippen LogP contribution < -0.4 is 5.32 Å². The van der Waals surface area contributed by atoms with Gasteiger partial charge in [0.25, 0.3) is 5.91 Å². The summed E-state index contributed by atoms with van der Waals surface area (Å²) in [6.07, 6.45) is 5.43. The average Bonchev–Trinajstić information content (AvgIpc) is 2.89. The van der Waals surface area contributed by atoms with Crippen LogP contribution >= 0.6 is 11.3 Å².